The van der Waals surface area contributed by atoms with Gasteiger partial charge in [-0.3, -0.25) is 4.79 Å². The van der Waals surface area contributed by atoms with Crippen molar-refractivity contribution < 1.29 is 4.79 Å². The van der Waals surface area contributed by atoms with E-state index in [1.165, 1.54) is 12.8 Å². The highest BCUT2D eigenvalue weighted by Crippen LogP contribution is 2.32. The van der Waals surface area contributed by atoms with Crippen molar-refractivity contribution in [1.29, 1.82) is 0 Å². The van der Waals surface area contributed by atoms with Gasteiger partial charge in [-0.25, -0.2) is 0 Å². The van der Waals surface area contributed by atoms with E-state index in [9.17, 15) is 4.79 Å². The Morgan fingerprint density at radius 1 is 1.22 bits per heavy atom. The van der Waals surface area contributed by atoms with Crippen LogP contribution < -0.4 is 0 Å². The summed E-state index contributed by atoms with van der Waals surface area (Å²) in [6, 6.07) is 0. The molecule has 2 unspecified atom stereocenters. The molecule has 2 heteroatoms. The number of Topliss-reactive ketones (excluding diaryl/α,β-unsaturated/α-hetero) is 1. The molecule has 0 heterocycles. The quantitative estimate of drug-likeness (QED) is 0.688. The molecule has 1 saturated carbocycles. The van der Waals surface area contributed by atoms with Gasteiger partial charge in [0.15, 0.2) is 0 Å². The van der Waals surface area contributed by atoms with E-state index in [-0.39, 0.29) is 0 Å². The molecule has 1 aliphatic carbocycles. The highest BCUT2D eigenvalue weighted by molar-refractivity contribution is 5.82. The Morgan fingerprint density at radius 2 is 1.83 bits per heavy atom. The average molecular weight is 253 g/mol. The second kappa shape index (κ2) is 7.93. The van der Waals surface area contributed by atoms with Crippen molar-refractivity contribution in [3.63, 3.8) is 0 Å². The monoisotopic (exact) mass is 253 g/mol. The maximum Gasteiger partial charge on any atom is 0.137 e. The lowest BCUT2D eigenvalue weighted by Gasteiger charge is -2.34. The second-order valence-corrected chi connectivity index (χ2v) is 6.24. The lowest BCUT2D eigenvalue weighted by molar-refractivity contribution is -0.126. The fourth-order valence-corrected chi connectivity index (χ4v) is 3.17. The molecular weight excluding hydrogens is 222 g/mol. The maximum atomic E-state index is 12.1. The SMILES string of the molecule is CCCN(CCC)CC1CC(C(C)C)CCC1=O. The zero-order valence-electron chi connectivity index (χ0n) is 12.7. The predicted molar refractivity (Wildman–Crippen MR) is 77.7 cm³/mol. The summed E-state index contributed by atoms with van der Waals surface area (Å²) >= 11 is 0. The van der Waals surface area contributed by atoms with E-state index in [1.54, 1.807) is 0 Å². The smallest absolute Gasteiger partial charge is 0.137 e. The van der Waals surface area contributed by atoms with Crippen LogP contribution in [-0.2, 0) is 4.79 Å². The Hall–Kier alpha value is -0.370. The van der Waals surface area contributed by atoms with Gasteiger partial charge in [0, 0.05) is 18.9 Å². The molecule has 0 saturated heterocycles. The normalized spacial score (nSPS) is 25.1. The zero-order valence-corrected chi connectivity index (χ0v) is 12.7. The summed E-state index contributed by atoms with van der Waals surface area (Å²) in [5.41, 5.74) is 0. The van der Waals surface area contributed by atoms with Gasteiger partial charge in [0.2, 0.25) is 0 Å². The molecule has 0 aromatic rings. The number of nitrogens with zero attached hydrogens (tertiary/aromatic N) is 1. The van der Waals surface area contributed by atoms with Gasteiger partial charge >= 0.3 is 0 Å². The third-order valence-corrected chi connectivity index (χ3v) is 4.31. The van der Waals surface area contributed by atoms with Crippen LogP contribution in [0.2, 0.25) is 0 Å². The van der Waals surface area contributed by atoms with Gasteiger partial charge in [0.25, 0.3) is 0 Å². The summed E-state index contributed by atoms with van der Waals surface area (Å²) in [4.78, 5) is 14.6. The molecule has 0 aromatic heterocycles. The summed E-state index contributed by atoms with van der Waals surface area (Å²) in [7, 11) is 0. The number of ketones is 1. The minimum Gasteiger partial charge on any atom is -0.303 e. The largest absolute Gasteiger partial charge is 0.303 e. The molecule has 0 N–H and O–H groups in total. The summed E-state index contributed by atoms with van der Waals surface area (Å²) in [5, 5.41) is 0. The zero-order chi connectivity index (χ0) is 13.5. The first-order chi connectivity index (χ1) is 8.58. The third kappa shape index (κ3) is 4.72. The van der Waals surface area contributed by atoms with Crippen LogP contribution in [0, 0.1) is 17.8 Å². The van der Waals surface area contributed by atoms with E-state index in [0.29, 0.717) is 11.7 Å². The molecule has 2 nitrogen and oxygen atoms in total. The van der Waals surface area contributed by atoms with E-state index < -0.39 is 0 Å². The van der Waals surface area contributed by atoms with Crippen LogP contribution in [0.4, 0.5) is 0 Å². The van der Waals surface area contributed by atoms with E-state index >= 15 is 0 Å². The van der Waals surface area contributed by atoms with Crippen LogP contribution in [-0.4, -0.2) is 30.3 Å². The van der Waals surface area contributed by atoms with Crippen LogP contribution in [0.1, 0.15) is 59.8 Å². The molecular formula is C16H31NO. The summed E-state index contributed by atoms with van der Waals surface area (Å²) in [5.74, 6) is 2.32. The highest BCUT2D eigenvalue weighted by atomic mass is 16.1. The van der Waals surface area contributed by atoms with Gasteiger partial charge < -0.3 is 4.90 Å². The molecule has 1 fully saturated rings. The van der Waals surface area contributed by atoms with Crippen LogP contribution >= 0.6 is 0 Å². The van der Waals surface area contributed by atoms with Crippen LogP contribution in [0.15, 0.2) is 0 Å². The first kappa shape index (κ1) is 15.7. The van der Waals surface area contributed by atoms with Gasteiger partial charge in [0.1, 0.15) is 5.78 Å². The van der Waals surface area contributed by atoms with Crippen molar-refractivity contribution in [2.24, 2.45) is 17.8 Å². The standard InChI is InChI=1S/C16H31NO/c1-5-9-17(10-6-2)12-15-11-14(13(3)4)7-8-16(15)18/h13-15H,5-12H2,1-4H3. The number of carbonyl (C=O) groups is 1. The van der Waals surface area contributed by atoms with Gasteiger partial charge in [-0.05, 0) is 50.6 Å². The van der Waals surface area contributed by atoms with Crippen molar-refractivity contribution in [2.45, 2.75) is 59.8 Å². The topological polar surface area (TPSA) is 20.3 Å². The van der Waals surface area contributed by atoms with E-state index in [2.05, 4.69) is 32.6 Å². The molecule has 0 spiro atoms. The Bertz CT molecular complexity index is 243. The number of rotatable bonds is 7. The number of carbonyl (C=O) groups excluding carboxylic acids is 1. The van der Waals surface area contributed by atoms with Crippen LogP contribution in [0.25, 0.3) is 0 Å². The first-order valence-electron chi connectivity index (χ1n) is 7.83. The van der Waals surface area contributed by atoms with Crippen molar-refractivity contribution in [1.82, 2.24) is 4.90 Å². The van der Waals surface area contributed by atoms with Crippen molar-refractivity contribution in [2.75, 3.05) is 19.6 Å². The summed E-state index contributed by atoms with van der Waals surface area (Å²) < 4.78 is 0. The molecule has 18 heavy (non-hydrogen) atoms. The lowest BCUT2D eigenvalue weighted by atomic mass is 9.75. The van der Waals surface area contributed by atoms with E-state index in [4.69, 9.17) is 0 Å². The Balaban J connectivity index is 2.53. The second-order valence-electron chi connectivity index (χ2n) is 6.24. The van der Waals surface area contributed by atoms with Crippen LogP contribution in [0.3, 0.4) is 0 Å². The van der Waals surface area contributed by atoms with E-state index in [1.807, 2.05) is 0 Å². The molecule has 1 rings (SSSR count). The molecule has 0 aromatic carbocycles. The minimum atomic E-state index is 0.309. The Morgan fingerprint density at radius 3 is 2.33 bits per heavy atom. The van der Waals surface area contributed by atoms with Crippen molar-refractivity contribution >= 4 is 5.78 Å². The predicted octanol–water partition coefficient (Wildman–Crippen LogP) is 3.75. The molecule has 0 amide bonds. The number of hydrogen-bond acceptors (Lipinski definition) is 2. The van der Waals surface area contributed by atoms with Gasteiger partial charge in [-0.1, -0.05) is 27.7 Å². The molecule has 106 valence electrons. The van der Waals surface area contributed by atoms with Gasteiger partial charge in [-0.15, -0.1) is 0 Å². The fourth-order valence-electron chi connectivity index (χ4n) is 3.17. The summed E-state index contributed by atoms with van der Waals surface area (Å²) in [6.07, 6.45) is 5.44. The average Bonchev–Trinajstić information content (AvgIpc) is 2.32. The molecule has 2 atom stereocenters. The molecule has 0 aliphatic heterocycles. The van der Waals surface area contributed by atoms with E-state index in [0.717, 1.165) is 50.7 Å². The first-order valence-corrected chi connectivity index (χ1v) is 7.83. The van der Waals surface area contributed by atoms with Crippen LogP contribution in [0.5, 0.6) is 0 Å². The Kier molecular flexibility index (Phi) is 6.91. The van der Waals surface area contributed by atoms with Gasteiger partial charge in [0.05, 0.1) is 0 Å². The molecule has 0 bridgehead atoms. The molecule has 1 aliphatic rings. The molecule has 0 radical (unpaired) electrons. The van der Waals surface area contributed by atoms with Gasteiger partial charge in [-0.2, -0.15) is 0 Å². The lowest BCUT2D eigenvalue weighted by Crippen LogP contribution is -2.38. The third-order valence-electron chi connectivity index (χ3n) is 4.31. The highest BCUT2D eigenvalue weighted by Gasteiger charge is 2.30. The van der Waals surface area contributed by atoms with Crippen molar-refractivity contribution in [3.8, 4) is 0 Å². The minimum absolute atomic E-state index is 0.309. The van der Waals surface area contributed by atoms with Crippen molar-refractivity contribution in [3.05, 3.63) is 0 Å². The Labute approximate surface area is 113 Å². The number of hydrogen-bond donors (Lipinski definition) is 0. The summed E-state index contributed by atoms with van der Waals surface area (Å²) in [6.45, 7) is 12.3. The fraction of sp³-hybridized carbons (Fsp3) is 0.938. The maximum absolute atomic E-state index is 12.1.